The molecule has 1 aromatic heterocycles. The van der Waals surface area contributed by atoms with Gasteiger partial charge in [-0.15, -0.1) is 0 Å². The van der Waals surface area contributed by atoms with Gasteiger partial charge in [0.05, 0.1) is 12.3 Å². The second kappa shape index (κ2) is 9.98. The van der Waals surface area contributed by atoms with Crippen molar-refractivity contribution in [2.24, 2.45) is 0 Å². The lowest BCUT2D eigenvalue weighted by atomic mass is 10.0. The van der Waals surface area contributed by atoms with Crippen molar-refractivity contribution in [3.63, 3.8) is 0 Å². The van der Waals surface area contributed by atoms with Crippen LogP contribution < -0.4 is 4.74 Å². The molecular weight excluding hydrogens is 364 g/mol. The maximum atomic E-state index is 14.1. The second-order valence-corrected chi connectivity index (χ2v) is 7.24. The molecule has 0 amide bonds. The molecule has 1 N–H and O–H groups in total. The fraction of sp³-hybridized carbons (Fsp3) is 0.571. The number of methoxy groups -OCH3 is 1. The third-order valence-electron chi connectivity index (χ3n) is 4.64. The summed E-state index contributed by atoms with van der Waals surface area (Å²) in [6, 6.07) is 4.64. The predicted molar refractivity (Wildman–Crippen MR) is 107 cm³/mol. The average molecular weight is 395 g/mol. The third kappa shape index (κ3) is 6.01. The number of H-pyrrole nitrogens is 1. The smallest absolute Gasteiger partial charge is 0.270 e. The quantitative estimate of drug-likeness (QED) is 0.558. The zero-order valence-corrected chi connectivity index (χ0v) is 17.4. The highest BCUT2D eigenvalue weighted by Gasteiger charge is 2.27. The van der Waals surface area contributed by atoms with Crippen molar-refractivity contribution in [1.82, 2.24) is 15.1 Å². The summed E-state index contributed by atoms with van der Waals surface area (Å²) in [6.45, 7) is 7.35. The molecule has 2 rings (SSSR count). The second-order valence-electron chi connectivity index (χ2n) is 7.24. The van der Waals surface area contributed by atoms with Gasteiger partial charge in [-0.1, -0.05) is 13.3 Å². The molecule has 1 aromatic carbocycles. The Balaban J connectivity index is 2.39. The van der Waals surface area contributed by atoms with Crippen LogP contribution in [0.2, 0.25) is 0 Å². The van der Waals surface area contributed by atoms with Crippen molar-refractivity contribution < 1.29 is 18.3 Å². The number of alkyl halides is 2. The Morgan fingerprint density at radius 1 is 1.21 bits per heavy atom. The van der Waals surface area contributed by atoms with E-state index in [4.69, 9.17) is 9.47 Å². The summed E-state index contributed by atoms with van der Waals surface area (Å²) in [5.74, 6) is -2.59. The molecule has 0 fully saturated rings. The van der Waals surface area contributed by atoms with Gasteiger partial charge >= 0.3 is 0 Å². The van der Waals surface area contributed by atoms with E-state index in [-0.39, 0.29) is 5.56 Å². The summed E-state index contributed by atoms with van der Waals surface area (Å²) < 4.78 is 38.7. The zero-order chi connectivity index (χ0) is 20.7. The van der Waals surface area contributed by atoms with E-state index in [1.807, 2.05) is 6.92 Å². The summed E-state index contributed by atoms with van der Waals surface area (Å²) >= 11 is 0. The Morgan fingerprint density at radius 3 is 2.61 bits per heavy atom. The molecule has 1 heterocycles. The van der Waals surface area contributed by atoms with Crippen molar-refractivity contribution in [1.29, 1.82) is 0 Å². The predicted octanol–water partition coefficient (Wildman–Crippen LogP) is 4.75. The zero-order valence-electron chi connectivity index (χ0n) is 17.4. The molecule has 0 spiro atoms. The monoisotopic (exact) mass is 395 g/mol. The first-order chi connectivity index (χ1) is 13.3. The maximum Gasteiger partial charge on any atom is 0.270 e. The van der Waals surface area contributed by atoms with Gasteiger partial charge in [0.25, 0.3) is 5.92 Å². The van der Waals surface area contributed by atoms with E-state index in [0.29, 0.717) is 36.8 Å². The molecule has 7 heteroatoms. The van der Waals surface area contributed by atoms with Crippen molar-refractivity contribution >= 4 is 0 Å². The van der Waals surface area contributed by atoms with E-state index in [9.17, 15) is 8.78 Å². The lowest BCUT2D eigenvalue weighted by Crippen LogP contribution is -2.19. The molecule has 0 saturated carbocycles. The number of nitrogens with zero attached hydrogens (tertiary/aromatic N) is 2. The SMILES string of the molecule is CCCCN(C)Cc1c(-c2cc(OCCOC)cc(C(C)(F)F)c2)n[nH]c1C. The summed E-state index contributed by atoms with van der Waals surface area (Å²) in [5, 5.41) is 7.41. The van der Waals surface area contributed by atoms with Crippen molar-refractivity contribution in [2.45, 2.75) is 46.1 Å². The van der Waals surface area contributed by atoms with Gasteiger partial charge in [-0.3, -0.25) is 5.10 Å². The van der Waals surface area contributed by atoms with Crippen LogP contribution in [0.5, 0.6) is 5.75 Å². The standard InChI is InChI=1S/C21H31F2N3O2/c1-6-7-8-26(4)14-19-15(2)24-25-20(19)16-11-17(21(3,22)23)13-18(12-16)28-10-9-27-5/h11-13H,6-10,14H2,1-5H3,(H,24,25). The van der Waals surface area contributed by atoms with Crippen LogP contribution in [0.3, 0.4) is 0 Å². The molecule has 0 aliphatic heterocycles. The van der Waals surface area contributed by atoms with E-state index in [1.165, 1.54) is 12.1 Å². The van der Waals surface area contributed by atoms with Crippen molar-refractivity contribution in [2.75, 3.05) is 33.9 Å². The normalized spacial score (nSPS) is 12.0. The van der Waals surface area contributed by atoms with Gasteiger partial charge in [0.15, 0.2) is 0 Å². The van der Waals surface area contributed by atoms with Gasteiger partial charge in [-0.25, -0.2) is 8.78 Å². The molecular formula is C21H31F2N3O2. The summed E-state index contributed by atoms with van der Waals surface area (Å²) in [5.41, 5.74) is 3.16. The minimum atomic E-state index is -2.97. The number of benzene rings is 1. The van der Waals surface area contributed by atoms with Crippen LogP contribution >= 0.6 is 0 Å². The topological polar surface area (TPSA) is 50.4 Å². The number of rotatable bonds is 11. The molecule has 0 bridgehead atoms. The number of aryl methyl sites for hydroxylation is 1. The summed E-state index contributed by atoms with van der Waals surface area (Å²) in [6.07, 6.45) is 2.23. The van der Waals surface area contributed by atoms with Crippen LogP contribution in [0.1, 0.15) is 43.5 Å². The molecule has 0 unspecified atom stereocenters. The van der Waals surface area contributed by atoms with Crippen LogP contribution in [0.25, 0.3) is 11.3 Å². The Labute approximate surface area is 166 Å². The summed E-state index contributed by atoms with van der Waals surface area (Å²) in [7, 11) is 3.63. The van der Waals surface area contributed by atoms with Crippen LogP contribution in [-0.2, 0) is 17.2 Å². The first-order valence-corrected chi connectivity index (χ1v) is 9.64. The first-order valence-electron chi connectivity index (χ1n) is 9.64. The Bertz CT molecular complexity index is 757. The molecule has 0 aliphatic rings. The number of ether oxygens (including phenoxy) is 2. The number of aromatic amines is 1. The van der Waals surface area contributed by atoms with E-state index in [2.05, 4.69) is 29.1 Å². The minimum Gasteiger partial charge on any atom is -0.491 e. The highest BCUT2D eigenvalue weighted by Crippen LogP contribution is 2.35. The number of hydrogen-bond donors (Lipinski definition) is 1. The molecule has 0 saturated heterocycles. The maximum absolute atomic E-state index is 14.1. The fourth-order valence-electron chi connectivity index (χ4n) is 2.98. The number of nitrogens with one attached hydrogen (secondary N) is 1. The number of hydrogen-bond acceptors (Lipinski definition) is 4. The van der Waals surface area contributed by atoms with Crippen LogP contribution in [0.15, 0.2) is 18.2 Å². The summed E-state index contributed by atoms with van der Waals surface area (Å²) in [4.78, 5) is 2.22. The van der Waals surface area contributed by atoms with E-state index in [0.717, 1.165) is 37.6 Å². The Morgan fingerprint density at radius 2 is 1.96 bits per heavy atom. The highest BCUT2D eigenvalue weighted by atomic mass is 19.3. The molecule has 0 atom stereocenters. The van der Waals surface area contributed by atoms with E-state index >= 15 is 0 Å². The molecule has 5 nitrogen and oxygen atoms in total. The fourth-order valence-corrected chi connectivity index (χ4v) is 2.98. The van der Waals surface area contributed by atoms with Crippen LogP contribution in [0.4, 0.5) is 8.78 Å². The number of unbranched alkanes of at least 4 members (excludes halogenated alkanes) is 1. The number of aromatic nitrogens is 2. The van der Waals surface area contributed by atoms with Gasteiger partial charge in [0.2, 0.25) is 0 Å². The first kappa shape index (κ1) is 22.3. The van der Waals surface area contributed by atoms with E-state index in [1.54, 1.807) is 13.2 Å². The van der Waals surface area contributed by atoms with Crippen molar-refractivity contribution in [3.05, 3.63) is 35.0 Å². The van der Waals surface area contributed by atoms with Gasteiger partial charge in [0.1, 0.15) is 12.4 Å². The van der Waals surface area contributed by atoms with Gasteiger partial charge < -0.3 is 14.4 Å². The van der Waals surface area contributed by atoms with Gasteiger partial charge in [-0.05, 0) is 45.1 Å². The highest BCUT2D eigenvalue weighted by molar-refractivity contribution is 5.67. The Hall–Kier alpha value is -1.99. The lowest BCUT2D eigenvalue weighted by molar-refractivity contribution is 0.0172. The average Bonchev–Trinajstić information content (AvgIpc) is 3.00. The van der Waals surface area contributed by atoms with E-state index < -0.39 is 5.92 Å². The molecule has 28 heavy (non-hydrogen) atoms. The lowest BCUT2D eigenvalue weighted by Gasteiger charge is -2.18. The van der Waals surface area contributed by atoms with Crippen LogP contribution in [0, 0.1) is 6.92 Å². The van der Waals surface area contributed by atoms with Crippen molar-refractivity contribution in [3.8, 4) is 17.0 Å². The molecule has 0 aliphatic carbocycles. The molecule has 2 aromatic rings. The molecule has 0 radical (unpaired) electrons. The number of halogens is 2. The third-order valence-corrected chi connectivity index (χ3v) is 4.64. The Kier molecular flexibility index (Phi) is 7.95. The minimum absolute atomic E-state index is 0.0941. The van der Waals surface area contributed by atoms with Gasteiger partial charge in [0, 0.05) is 43.0 Å². The van der Waals surface area contributed by atoms with Gasteiger partial charge in [-0.2, -0.15) is 5.10 Å². The van der Waals surface area contributed by atoms with Crippen LogP contribution in [-0.4, -0.2) is 49.0 Å². The molecule has 156 valence electrons. The largest absolute Gasteiger partial charge is 0.491 e.